The normalized spacial score (nSPS) is 10.7. The Labute approximate surface area is 166 Å². The van der Waals surface area contributed by atoms with E-state index in [4.69, 9.17) is 4.74 Å². The average Bonchev–Trinajstić information content (AvgIpc) is 3.05. The first-order chi connectivity index (χ1) is 13.5. The van der Waals surface area contributed by atoms with Gasteiger partial charge in [-0.25, -0.2) is 14.8 Å². The monoisotopic (exact) mass is 398 g/mol. The Morgan fingerprint density at radius 3 is 2.64 bits per heavy atom. The molecule has 0 aliphatic rings. The largest absolute Gasteiger partial charge is 0.462 e. The maximum atomic E-state index is 12.7. The molecule has 2 N–H and O–H groups in total. The van der Waals surface area contributed by atoms with Crippen molar-refractivity contribution in [2.24, 2.45) is 0 Å². The number of ether oxygens (including phenoxy) is 1. The number of aryl methyl sites for hydroxylation is 1. The summed E-state index contributed by atoms with van der Waals surface area (Å²) in [5.41, 5.74) is 2.56. The average molecular weight is 398 g/mol. The minimum Gasteiger partial charge on any atom is -0.462 e. The van der Waals surface area contributed by atoms with Crippen molar-refractivity contribution >= 4 is 28.4 Å². The molecule has 0 saturated carbocycles. The van der Waals surface area contributed by atoms with Crippen molar-refractivity contribution in [3.05, 3.63) is 56.8 Å². The van der Waals surface area contributed by atoms with Crippen molar-refractivity contribution in [2.45, 2.75) is 33.6 Å². The zero-order valence-corrected chi connectivity index (χ0v) is 16.9. The highest BCUT2D eigenvalue weighted by Crippen LogP contribution is 2.27. The lowest BCUT2D eigenvalue weighted by atomic mass is 10.0. The topological polar surface area (TPSA) is 97.0 Å². The number of aromatic amines is 1. The van der Waals surface area contributed by atoms with Crippen LogP contribution in [0.1, 0.15) is 41.2 Å². The zero-order chi connectivity index (χ0) is 20.1. The Bertz CT molecular complexity index is 1030. The standard InChI is InChI=1S/C20H22N4O3S/c1-4-9-14-15(13-10-7-6-8-11-13)22-19(23-17(14)25)24-20-21-12(3)16(28-20)18(26)27-5-2/h6-8,10-11H,4-5,9H2,1-3H3,(H2,21,22,23,24,25). The number of hydrogen-bond acceptors (Lipinski definition) is 7. The van der Waals surface area contributed by atoms with E-state index in [0.29, 0.717) is 40.0 Å². The molecule has 2 heterocycles. The molecule has 0 aliphatic heterocycles. The molecule has 7 nitrogen and oxygen atoms in total. The van der Waals surface area contributed by atoms with Gasteiger partial charge in [0, 0.05) is 11.1 Å². The Kier molecular flexibility index (Phi) is 6.20. The second-order valence-electron chi connectivity index (χ2n) is 6.14. The number of H-pyrrole nitrogens is 1. The number of benzene rings is 1. The Morgan fingerprint density at radius 2 is 1.96 bits per heavy atom. The van der Waals surface area contributed by atoms with E-state index in [9.17, 15) is 9.59 Å². The molecular weight excluding hydrogens is 376 g/mol. The summed E-state index contributed by atoms with van der Waals surface area (Å²) in [6.45, 7) is 5.82. The van der Waals surface area contributed by atoms with E-state index in [-0.39, 0.29) is 11.5 Å². The second kappa shape index (κ2) is 8.79. The molecule has 8 heteroatoms. The van der Waals surface area contributed by atoms with Gasteiger partial charge in [-0.1, -0.05) is 55.0 Å². The molecule has 2 aromatic heterocycles. The Balaban J connectivity index is 1.98. The van der Waals surface area contributed by atoms with Gasteiger partial charge in [-0.2, -0.15) is 0 Å². The molecule has 0 fully saturated rings. The molecule has 0 amide bonds. The van der Waals surface area contributed by atoms with E-state index in [1.165, 1.54) is 11.3 Å². The van der Waals surface area contributed by atoms with E-state index in [2.05, 4.69) is 20.3 Å². The Hall–Kier alpha value is -3.00. The SMILES string of the molecule is CCCc1c(-c2ccccc2)nc(Nc2nc(C)c(C(=O)OCC)s2)[nH]c1=O. The van der Waals surface area contributed by atoms with Crippen LogP contribution in [0, 0.1) is 6.92 Å². The molecule has 0 bridgehead atoms. The fourth-order valence-electron chi connectivity index (χ4n) is 2.81. The number of nitrogens with one attached hydrogen (secondary N) is 2. The lowest BCUT2D eigenvalue weighted by Gasteiger charge is -2.10. The third-order valence-electron chi connectivity index (χ3n) is 4.05. The number of nitrogens with zero attached hydrogens (tertiary/aromatic N) is 2. The Morgan fingerprint density at radius 1 is 1.21 bits per heavy atom. The zero-order valence-electron chi connectivity index (χ0n) is 16.0. The molecule has 0 unspecified atom stereocenters. The second-order valence-corrected chi connectivity index (χ2v) is 7.14. The third kappa shape index (κ3) is 4.28. The first-order valence-corrected chi connectivity index (χ1v) is 9.95. The van der Waals surface area contributed by atoms with Gasteiger partial charge < -0.3 is 10.1 Å². The minimum atomic E-state index is -0.407. The smallest absolute Gasteiger partial charge is 0.350 e. The van der Waals surface area contributed by atoms with Crippen LogP contribution in [0.2, 0.25) is 0 Å². The molecule has 146 valence electrons. The third-order valence-corrected chi connectivity index (χ3v) is 5.10. The van der Waals surface area contributed by atoms with Crippen LogP contribution in [-0.4, -0.2) is 27.5 Å². The predicted octanol–water partition coefficient (Wildman–Crippen LogP) is 4.07. The first-order valence-electron chi connectivity index (χ1n) is 9.13. The van der Waals surface area contributed by atoms with Crippen molar-refractivity contribution in [1.29, 1.82) is 0 Å². The van der Waals surface area contributed by atoms with Crippen LogP contribution in [0.5, 0.6) is 0 Å². The van der Waals surface area contributed by atoms with E-state index in [1.807, 2.05) is 37.3 Å². The molecule has 0 aliphatic carbocycles. The van der Waals surface area contributed by atoms with Gasteiger partial charge in [-0.3, -0.25) is 9.78 Å². The number of thiazole rings is 1. The van der Waals surface area contributed by atoms with Crippen molar-refractivity contribution in [3.63, 3.8) is 0 Å². The maximum Gasteiger partial charge on any atom is 0.350 e. The van der Waals surface area contributed by atoms with Crippen molar-refractivity contribution in [1.82, 2.24) is 15.0 Å². The van der Waals surface area contributed by atoms with Crippen molar-refractivity contribution < 1.29 is 9.53 Å². The molecule has 3 aromatic rings. The molecule has 0 atom stereocenters. The summed E-state index contributed by atoms with van der Waals surface area (Å²) in [5.74, 6) is -0.122. The fourth-order valence-corrected chi connectivity index (χ4v) is 3.67. The number of aromatic nitrogens is 3. The highest BCUT2D eigenvalue weighted by molar-refractivity contribution is 7.17. The van der Waals surface area contributed by atoms with Crippen LogP contribution in [-0.2, 0) is 11.2 Å². The summed E-state index contributed by atoms with van der Waals surface area (Å²) in [5, 5.41) is 3.48. The molecule has 28 heavy (non-hydrogen) atoms. The van der Waals surface area contributed by atoms with E-state index in [0.717, 1.165) is 12.0 Å². The minimum absolute atomic E-state index is 0.183. The first kappa shape index (κ1) is 19.8. The number of rotatable bonds is 7. The van der Waals surface area contributed by atoms with Crippen molar-refractivity contribution in [2.75, 3.05) is 11.9 Å². The van der Waals surface area contributed by atoms with Gasteiger partial charge in [-0.15, -0.1) is 0 Å². The van der Waals surface area contributed by atoms with Crippen LogP contribution >= 0.6 is 11.3 Å². The highest BCUT2D eigenvalue weighted by atomic mass is 32.1. The summed E-state index contributed by atoms with van der Waals surface area (Å²) in [4.78, 5) is 36.8. The lowest BCUT2D eigenvalue weighted by Crippen LogP contribution is -2.18. The summed E-state index contributed by atoms with van der Waals surface area (Å²) in [7, 11) is 0. The van der Waals surface area contributed by atoms with Crippen LogP contribution in [0.25, 0.3) is 11.3 Å². The predicted molar refractivity (Wildman–Crippen MR) is 110 cm³/mol. The van der Waals surface area contributed by atoms with Gasteiger partial charge in [0.05, 0.1) is 18.0 Å². The number of hydrogen-bond donors (Lipinski definition) is 2. The van der Waals surface area contributed by atoms with Gasteiger partial charge in [0.1, 0.15) is 4.88 Å². The number of carbonyl (C=O) groups excluding carboxylic acids is 1. The molecule has 1 aromatic carbocycles. The maximum absolute atomic E-state index is 12.7. The summed E-state index contributed by atoms with van der Waals surface area (Å²) < 4.78 is 5.04. The van der Waals surface area contributed by atoms with Gasteiger partial charge in [0.15, 0.2) is 5.13 Å². The fraction of sp³-hybridized carbons (Fsp3) is 0.300. The summed E-state index contributed by atoms with van der Waals surface area (Å²) in [6, 6.07) is 9.60. The molecule has 3 rings (SSSR count). The quantitative estimate of drug-likeness (QED) is 0.582. The van der Waals surface area contributed by atoms with Crippen LogP contribution in [0.15, 0.2) is 35.1 Å². The van der Waals surface area contributed by atoms with Gasteiger partial charge in [0.25, 0.3) is 5.56 Å². The molecular formula is C20H22N4O3S. The molecule has 0 spiro atoms. The van der Waals surface area contributed by atoms with Crippen LogP contribution < -0.4 is 10.9 Å². The van der Waals surface area contributed by atoms with E-state index >= 15 is 0 Å². The van der Waals surface area contributed by atoms with Gasteiger partial charge >= 0.3 is 5.97 Å². The lowest BCUT2D eigenvalue weighted by molar-refractivity contribution is 0.0531. The van der Waals surface area contributed by atoms with Gasteiger partial charge in [-0.05, 0) is 20.3 Å². The number of carbonyl (C=O) groups is 1. The molecule has 0 radical (unpaired) electrons. The number of anilines is 2. The van der Waals surface area contributed by atoms with Crippen molar-refractivity contribution in [3.8, 4) is 11.3 Å². The van der Waals surface area contributed by atoms with Crippen LogP contribution in [0.4, 0.5) is 11.1 Å². The summed E-state index contributed by atoms with van der Waals surface area (Å²) >= 11 is 1.17. The van der Waals surface area contributed by atoms with Crippen LogP contribution in [0.3, 0.4) is 0 Å². The van der Waals surface area contributed by atoms with E-state index < -0.39 is 5.97 Å². The molecule has 0 saturated heterocycles. The summed E-state index contributed by atoms with van der Waals surface area (Å²) in [6.07, 6.45) is 1.47. The number of esters is 1. The highest BCUT2D eigenvalue weighted by Gasteiger charge is 2.18. The van der Waals surface area contributed by atoms with E-state index in [1.54, 1.807) is 13.8 Å². The van der Waals surface area contributed by atoms with Gasteiger partial charge in [0.2, 0.25) is 5.95 Å².